The molecule has 2 amide bonds. The van der Waals surface area contributed by atoms with Crippen LogP contribution in [-0.2, 0) is 16.0 Å². The Morgan fingerprint density at radius 1 is 0.853 bits per heavy atom. The Labute approximate surface area is 208 Å². The molecule has 0 unspecified atom stereocenters. The zero-order chi connectivity index (χ0) is 24.3. The number of nitriles is 1. The second kappa shape index (κ2) is 12.5. The van der Waals surface area contributed by atoms with E-state index in [0.717, 1.165) is 18.2 Å². The average molecular weight is 491 g/mol. The fourth-order valence-corrected chi connectivity index (χ4v) is 3.86. The summed E-state index contributed by atoms with van der Waals surface area (Å²) in [5.41, 5.74) is 2.91. The molecule has 3 aromatic carbocycles. The monoisotopic (exact) mass is 490 g/mol. The topological polar surface area (TPSA) is 94.0 Å². The summed E-state index contributed by atoms with van der Waals surface area (Å²) in [5, 5.41) is 19.2. The molecule has 0 saturated carbocycles. The van der Waals surface area contributed by atoms with Gasteiger partial charge in [-0.1, -0.05) is 60.6 Å². The number of benzene rings is 3. The van der Waals surface area contributed by atoms with Crippen molar-refractivity contribution in [2.75, 3.05) is 21.7 Å². The maximum absolute atomic E-state index is 12.9. The Balaban J connectivity index is 1.77. The Morgan fingerprint density at radius 2 is 1.44 bits per heavy atom. The number of rotatable bonds is 9. The Bertz CT molecular complexity index is 1200. The van der Waals surface area contributed by atoms with Gasteiger partial charge in [0.25, 0.3) is 5.91 Å². The van der Waals surface area contributed by atoms with E-state index in [1.165, 1.54) is 5.56 Å². The van der Waals surface area contributed by atoms with Gasteiger partial charge in [-0.3, -0.25) is 9.59 Å². The van der Waals surface area contributed by atoms with Crippen LogP contribution in [0.25, 0.3) is 0 Å². The molecule has 34 heavy (non-hydrogen) atoms. The number of thioether (sulfide) groups is 1. The van der Waals surface area contributed by atoms with Crippen molar-refractivity contribution in [3.05, 3.63) is 100 Å². The Morgan fingerprint density at radius 3 is 2.06 bits per heavy atom. The molecule has 0 atom stereocenters. The normalized spacial score (nSPS) is 11.1. The number of aryl methyl sites for hydroxylation is 1. The van der Waals surface area contributed by atoms with Crippen molar-refractivity contribution in [3.63, 3.8) is 0 Å². The number of para-hydroxylation sites is 1. The molecule has 0 heterocycles. The summed E-state index contributed by atoms with van der Waals surface area (Å²) in [7, 11) is 0. The van der Waals surface area contributed by atoms with Crippen molar-refractivity contribution in [1.82, 2.24) is 0 Å². The van der Waals surface area contributed by atoms with Crippen LogP contribution in [0.1, 0.15) is 12.5 Å². The van der Waals surface area contributed by atoms with Gasteiger partial charge in [-0.25, -0.2) is 0 Å². The highest BCUT2D eigenvalue weighted by Crippen LogP contribution is 2.24. The highest BCUT2D eigenvalue weighted by Gasteiger charge is 2.18. The molecule has 3 rings (SSSR count). The van der Waals surface area contributed by atoms with Crippen LogP contribution in [-0.4, -0.2) is 17.6 Å². The van der Waals surface area contributed by atoms with Crippen molar-refractivity contribution in [3.8, 4) is 6.07 Å². The van der Waals surface area contributed by atoms with Crippen molar-refractivity contribution in [2.45, 2.75) is 13.3 Å². The highest BCUT2D eigenvalue weighted by molar-refractivity contribution is 8.03. The molecule has 0 aliphatic rings. The molecule has 0 bridgehead atoms. The smallest absolute Gasteiger partial charge is 0.269 e. The first-order chi connectivity index (χ1) is 16.5. The molecule has 0 radical (unpaired) electrons. The van der Waals surface area contributed by atoms with Gasteiger partial charge in [0.15, 0.2) is 0 Å². The van der Waals surface area contributed by atoms with E-state index in [0.29, 0.717) is 22.1 Å². The summed E-state index contributed by atoms with van der Waals surface area (Å²) < 4.78 is 0. The lowest BCUT2D eigenvalue weighted by Crippen LogP contribution is -2.19. The standard InChI is InChI=1S/C26H23ClN4O2S/c1-2-18-8-12-21(13-9-18)29-24(32)17-34-26(31-20-6-4-3-5-7-20)23(16-28)25(33)30-22-14-10-19(27)11-15-22/h3-15,31H,2,17H2,1H3,(H,29,32)(H,30,33)/b26-23+. The number of anilines is 3. The molecule has 0 spiro atoms. The summed E-state index contributed by atoms with van der Waals surface area (Å²) in [6.45, 7) is 2.06. The lowest BCUT2D eigenvalue weighted by Gasteiger charge is -2.14. The van der Waals surface area contributed by atoms with Gasteiger partial charge in [0.2, 0.25) is 5.91 Å². The summed E-state index contributed by atoms with van der Waals surface area (Å²) >= 11 is 6.97. The average Bonchev–Trinajstić information content (AvgIpc) is 2.85. The lowest BCUT2D eigenvalue weighted by atomic mass is 10.1. The van der Waals surface area contributed by atoms with Crippen molar-refractivity contribution in [1.29, 1.82) is 5.26 Å². The predicted octanol–water partition coefficient (Wildman–Crippen LogP) is 6.06. The van der Waals surface area contributed by atoms with E-state index < -0.39 is 5.91 Å². The third-order valence-corrected chi connectivity index (χ3v) is 5.95. The zero-order valence-corrected chi connectivity index (χ0v) is 20.0. The minimum absolute atomic E-state index is 0.00407. The minimum Gasteiger partial charge on any atom is -0.349 e. The van der Waals surface area contributed by atoms with Crippen LogP contribution in [0.15, 0.2) is 89.5 Å². The quantitative estimate of drug-likeness (QED) is 0.250. The highest BCUT2D eigenvalue weighted by atomic mass is 35.5. The Kier molecular flexibility index (Phi) is 9.15. The Hall–Kier alpha value is -3.73. The number of carbonyl (C=O) groups excluding carboxylic acids is 2. The first-order valence-electron chi connectivity index (χ1n) is 10.5. The summed E-state index contributed by atoms with van der Waals surface area (Å²) in [6, 6.07) is 25.3. The molecule has 0 fully saturated rings. The van der Waals surface area contributed by atoms with Crippen LogP contribution in [0.3, 0.4) is 0 Å². The van der Waals surface area contributed by atoms with Gasteiger partial charge in [0.05, 0.1) is 10.8 Å². The molecular weight excluding hydrogens is 468 g/mol. The van der Waals surface area contributed by atoms with Gasteiger partial charge in [0.1, 0.15) is 11.6 Å². The molecule has 3 N–H and O–H groups in total. The minimum atomic E-state index is -0.591. The van der Waals surface area contributed by atoms with Crippen LogP contribution < -0.4 is 16.0 Å². The first kappa shape index (κ1) is 24.9. The van der Waals surface area contributed by atoms with E-state index >= 15 is 0 Å². The van der Waals surface area contributed by atoms with E-state index in [4.69, 9.17) is 11.6 Å². The first-order valence-corrected chi connectivity index (χ1v) is 11.9. The largest absolute Gasteiger partial charge is 0.349 e. The summed E-state index contributed by atoms with van der Waals surface area (Å²) in [6.07, 6.45) is 0.915. The van der Waals surface area contributed by atoms with Crippen LogP contribution in [0.2, 0.25) is 5.02 Å². The van der Waals surface area contributed by atoms with Gasteiger partial charge in [-0.2, -0.15) is 5.26 Å². The van der Waals surface area contributed by atoms with Crippen LogP contribution in [0.4, 0.5) is 17.1 Å². The zero-order valence-electron chi connectivity index (χ0n) is 18.5. The van der Waals surface area contributed by atoms with E-state index in [1.807, 2.05) is 60.7 Å². The second-order valence-electron chi connectivity index (χ2n) is 7.16. The van der Waals surface area contributed by atoms with Crippen LogP contribution >= 0.6 is 23.4 Å². The molecule has 0 aliphatic carbocycles. The van der Waals surface area contributed by atoms with E-state index in [1.54, 1.807) is 24.3 Å². The number of nitrogens with zero attached hydrogens (tertiary/aromatic N) is 1. The van der Waals surface area contributed by atoms with Crippen LogP contribution in [0, 0.1) is 11.3 Å². The van der Waals surface area contributed by atoms with Gasteiger partial charge in [-0.05, 0) is 60.5 Å². The number of carbonyl (C=O) groups is 2. The molecule has 0 aromatic heterocycles. The van der Waals surface area contributed by atoms with Crippen LogP contribution in [0.5, 0.6) is 0 Å². The number of amides is 2. The van der Waals surface area contributed by atoms with Gasteiger partial charge < -0.3 is 16.0 Å². The third-order valence-electron chi connectivity index (χ3n) is 4.69. The molecule has 8 heteroatoms. The fourth-order valence-electron chi connectivity index (χ4n) is 2.91. The van der Waals surface area contributed by atoms with E-state index in [2.05, 4.69) is 22.9 Å². The second-order valence-corrected chi connectivity index (χ2v) is 8.58. The van der Waals surface area contributed by atoms with Gasteiger partial charge in [0, 0.05) is 22.1 Å². The maximum atomic E-state index is 12.9. The number of hydrogen-bond acceptors (Lipinski definition) is 5. The lowest BCUT2D eigenvalue weighted by molar-refractivity contribution is -0.114. The molecule has 0 aliphatic heterocycles. The molecular formula is C26H23ClN4O2S. The molecule has 6 nitrogen and oxygen atoms in total. The van der Waals surface area contributed by atoms with Crippen molar-refractivity contribution < 1.29 is 9.59 Å². The maximum Gasteiger partial charge on any atom is 0.269 e. The van der Waals surface area contributed by atoms with Crippen molar-refractivity contribution in [2.24, 2.45) is 0 Å². The van der Waals surface area contributed by atoms with Crippen molar-refractivity contribution >= 4 is 52.2 Å². The summed E-state index contributed by atoms with van der Waals surface area (Å²) in [4.78, 5) is 25.4. The third kappa shape index (κ3) is 7.41. The summed E-state index contributed by atoms with van der Waals surface area (Å²) in [5.74, 6) is -0.840. The fraction of sp³-hybridized carbons (Fsp3) is 0.115. The van der Waals surface area contributed by atoms with E-state index in [9.17, 15) is 14.9 Å². The predicted molar refractivity (Wildman–Crippen MR) is 140 cm³/mol. The van der Waals surface area contributed by atoms with E-state index in [-0.39, 0.29) is 22.3 Å². The van der Waals surface area contributed by atoms with Gasteiger partial charge >= 0.3 is 0 Å². The van der Waals surface area contributed by atoms with Gasteiger partial charge in [-0.15, -0.1) is 0 Å². The molecule has 0 saturated heterocycles. The number of nitrogens with one attached hydrogen (secondary N) is 3. The molecule has 172 valence electrons. The molecule has 3 aromatic rings. The SMILES string of the molecule is CCc1ccc(NC(=O)CS/C(Nc2ccccc2)=C(\C#N)C(=O)Nc2ccc(Cl)cc2)cc1. The number of hydrogen-bond donors (Lipinski definition) is 3. The number of halogens is 1.